The van der Waals surface area contributed by atoms with E-state index in [0.717, 1.165) is 0 Å². The first-order valence-electron chi connectivity index (χ1n) is 4.57. The monoisotopic (exact) mass is 234 g/mol. The first-order chi connectivity index (χ1) is 8.16. The van der Waals surface area contributed by atoms with Crippen LogP contribution in [0.25, 0.3) is 5.57 Å². The molecule has 6 nitrogen and oxygen atoms in total. The minimum atomic E-state index is -0.713. The van der Waals surface area contributed by atoms with Crippen molar-refractivity contribution >= 4 is 11.5 Å². The Labute approximate surface area is 95.1 Å². The first kappa shape index (κ1) is 10.9. The van der Waals surface area contributed by atoms with Gasteiger partial charge in [-0.15, -0.1) is 5.10 Å². The van der Waals surface area contributed by atoms with Crippen LogP contribution in [0.3, 0.4) is 0 Å². The van der Waals surface area contributed by atoms with Gasteiger partial charge in [0.1, 0.15) is 11.6 Å². The fraction of sp³-hybridized carbons (Fsp3) is 0. The summed E-state index contributed by atoms with van der Waals surface area (Å²) in [7, 11) is 0. The Morgan fingerprint density at radius 2 is 2.06 bits per heavy atom. The second-order valence-corrected chi connectivity index (χ2v) is 3.07. The summed E-state index contributed by atoms with van der Waals surface area (Å²) >= 11 is 0. The second-order valence-electron chi connectivity index (χ2n) is 3.07. The number of tetrazole rings is 1. The fourth-order valence-electron chi connectivity index (χ4n) is 1.05. The molecule has 86 valence electrons. The molecule has 1 aromatic carbocycles. The molecule has 0 amide bonds. The normalized spacial score (nSPS) is 9.94. The SMILES string of the molecule is C=C(C(=O)Oc1ccc(F)cc1)c1nnn[nH]1. The van der Waals surface area contributed by atoms with Gasteiger partial charge in [-0.3, -0.25) is 0 Å². The lowest BCUT2D eigenvalue weighted by Crippen LogP contribution is -2.10. The minimum absolute atomic E-state index is 0.0145. The van der Waals surface area contributed by atoms with Gasteiger partial charge in [-0.25, -0.2) is 14.3 Å². The maximum absolute atomic E-state index is 12.6. The van der Waals surface area contributed by atoms with E-state index in [1.807, 2.05) is 0 Å². The summed E-state index contributed by atoms with van der Waals surface area (Å²) in [5, 5.41) is 12.5. The summed E-state index contributed by atoms with van der Waals surface area (Å²) in [6.07, 6.45) is 0. The first-order valence-corrected chi connectivity index (χ1v) is 4.57. The molecule has 0 atom stereocenters. The number of rotatable bonds is 3. The number of aromatic amines is 1. The van der Waals surface area contributed by atoms with Crippen molar-refractivity contribution in [3.8, 4) is 5.75 Å². The highest BCUT2D eigenvalue weighted by Crippen LogP contribution is 2.14. The Morgan fingerprint density at radius 1 is 1.35 bits per heavy atom. The number of aromatic nitrogens is 4. The third-order valence-corrected chi connectivity index (χ3v) is 1.90. The Hall–Kier alpha value is -2.57. The molecule has 0 spiro atoms. The van der Waals surface area contributed by atoms with Gasteiger partial charge in [-0.2, -0.15) is 0 Å². The molecular weight excluding hydrogens is 227 g/mol. The number of esters is 1. The van der Waals surface area contributed by atoms with E-state index >= 15 is 0 Å². The molecule has 0 aliphatic carbocycles. The lowest BCUT2D eigenvalue weighted by molar-refractivity contribution is -0.127. The molecule has 0 radical (unpaired) electrons. The molecule has 0 bridgehead atoms. The summed E-state index contributed by atoms with van der Waals surface area (Å²) in [5.74, 6) is -0.791. The zero-order valence-electron chi connectivity index (χ0n) is 8.55. The molecular formula is C10H7FN4O2. The molecule has 1 heterocycles. The van der Waals surface area contributed by atoms with E-state index in [9.17, 15) is 9.18 Å². The van der Waals surface area contributed by atoms with Crippen molar-refractivity contribution in [2.45, 2.75) is 0 Å². The molecule has 2 aromatic rings. The van der Waals surface area contributed by atoms with Gasteiger partial charge in [0.2, 0.25) is 0 Å². The van der Waals surface area contributed by atoms with Gasteiger partial charge in [0, 0.05) is 0 Å². The Morgan fingerprint density at radius 3 is 2.65 bits per heavy atom. The summed E-state index contributed by atoms with van der Waals surface area (Å²) in [4.78, 5) is 11.6. The minimum Gasteiger partial charge on any atom is -0.423 e. The maximum atomic E-state index is 12.6. The molecule has 0 unspecified atom stereocenters. The predicted octanol–water partition coefficient (Wildman–Crippen LogP) is 0.958. The van der Waals surface area contributed by atoms with Gasteiger partial charge >= 0.3 is 5.97 Å². The number of nitrogens with zero attached hydrogens (tertiary/aromatic N) is 3. The van der Waals surface area contributed by atoms with Crippen molar-refractivity contribution in [3.63, 3.8) is 0 Å². The Kier molecular flexibility index (Phi) is 2.91. The van der Waals surface area contributed by atoms with Crippen LogP contribution >= 0.6 is 0 Å². The highest BCUT2D eigenvalue weighted by atomic mass is 19.1. The molecule has 17 heavy (non-hydrogen) atoms. The largest absolute Gasteiger partial charge is 0.423 e. The van der Waals surface area contributed by atoms with Crippen molar-refractivity contribution in [3.05, 3.63) is 42.5 Å². The summed E-state index contributed by atoms with van der Waals surface area (Å²) in [5.41, 5.74) is -0.0145. The molecule has 0 aliphatic rings. The molecule has 1 aromatic heterocycles. The van der Waals surface area contributed by atoms with Gasteiger partial charge in [-0.1, -0.05) is 6.58 Å². The topological polar surface area (TPSA) is 80.8 Å². The summed E-state index contributed by atoms with van der Waals surface area (Å²) in [6.45, 7) is 3.49. The van der Waals surface area contributed by atoms with Crippen LogP contribution in [-0.4, -0.2) is 26.6 Å². The maximum Gasteiger partial charge on any atom is 0.346 e. The van der Waals surface area contributed by atoms with Crippen molar-refractivity contribution < 1.29 is 13.9 Å². The van der Waals surface area contributed by atoms with Crippen LogP contribution in [0, 0.1) is 5.82 Å². The number of carbonyl (C=O) groups excluding carboxylic acids is 1. The van der Waals surface area contributed by atoms with Gasteiger partial charge in [0.05, 0.1) is 5.57 Å². The van der Waals surface area contributed by atoms with E-state index in [0.29, 0.717) is 0 Å². The van der Waals surface area contributed by atoms with Gasteiger partial charge < -0.3 is 4.74 Å². The number of hydrogen-bond donors (Lipinski definition) is 1. The average Bonchev–Trinajstić information content (AvgIpc) is 2.84. The van der Waals surface area contributed by atoms with Crippen LogP contribution in [-0.2, 0) is 4.79 Å². The van der Waals surface area contributed by atoms with Gasteiger partial charge in [0.15, 0.2) is 5.82 Å². The van der Waals surface area contributed by atoms with Gasteiger partial charge in [0.25, 0.3) is 0 Å². The highest BCUT2D eigenvalue weighted by Gasteiger charge is 2.15. The van der Waals surface area contributed by atoms with Crippen LogP contribution in [0.2, 0.25) is 0 Å². The van der Waals surface area contributed by atoms with Crippen molar-refractivity contribution in [1.82, 2.24) is 20.6 Å². The van der Waals surface area contributed by atoms with Crippen molar-refractivity contribution in [2.75, 3.05) is 0 Å². The molecule has 0 saturated heterocycles. The molecule has 0 saturated carbocycles. The average molecular weight is 234 g/mol. The van der Waals surface area contributed by atoms with Gasteiger partial charge in [-0.05, 0) is 34.7 Å². The second kappa shape index (κ2) is 4.52. The van der Waals surface area contributed by atoms with Crippen LogP contribution < -0.4 is 4.74 Å². The van der Waals surface area contributed by atoms with Crippen LogP contribution in [0.1, 0.15) is 5.82 Å². The number of nitrogens with one attached hydrogen (secondary N) is 1. The third kappa shape index (κ3) is 2.51. The van der Waals surface area contributed by atoms with Crippen LogP contribution in [0.4, 0.5) is 4.39 Å². The van der Waals surface area contributed by atoms with Crippen LogP contribution in [0.5, 0.6) is 5.75 Å². The number of H-pyrrole nitrogens is 1. The number of halogens is 1. The van der Waals surface area contributed by atoms with E-state index in [1.54, 1.807) is 0 Å². The number of benzene rings is 1. The van der Waals surface area contributed by atoms with E-state index in [-0.39, 0.29) is 17.1 Å². The summed E-state index contributed by atoms with van der Waals surface area (Å²) < 4.78 is 17.6. The molecule has 1 N–H and O–H groups in total. The molecule has 0 fully saturated rings. The number of carbonyl (C=O) groups is 1. The van der Waals surface area contributed by atoms with Crippen molar-refractivity contribution in [2.24, 2.45) is 0 Å². The van der Waals surface area contributed by atoms with E-state index in [2.05, 4.69) is 27.2 Å². The molecule has 2 rings (SSSR count). The number of hydrogen-bond acceptors (Lipinski definition) is 5. The molecule has 0 aliphatic heterocycles. The van der Waals surface area contributed by atoms with Crippen LogP contribution in [0.15, 0.2) is 30.8 Å². The lowest BCUT2D eigenvalue weighted by Gasteiger charge is -2.03. The molecule has 7 heteroatoms. The third-order valence-electron chi connectivity index (χ3n) is 1.90. The zero-order chi connectivity index (χ0) is 12.3. The lowest BCUT2D eigenvalue weighted by atomic mass is 10.3. The Bertz CT molecular complexity index is 536. The summed E-state index contributed by atoms with van der Waals surface area (Å²) in [6, 6.07) is 5.03. The Balaban J connectivity index is 2.07. The standard InChI is InChI=1S/C10H7FN4O2/c1-6(9-12-14-15-13-9)10(16)17-8-4-2-7(11)3-5-8/h2-5H,1H2,(H,12,13,14,15). The van der Waals surface area contributed by atoms with Crippen molar-refractivity contribution in [1.29, 1.82) is 0 Å². The van der Waals surface area contributed by atoms with E-state index in [1.165, 1.54) is 24.3 Å². The quantitative estimate of drug-likeness (QED) is 0.486. The predicted molar refractivity (Wildman–Crippen MR) is 55.2 cm³/mol. The zero-order valence-corrected chi connectivity index (χ0v) is 8.55. The van der Waals surface area contributed by atoms with E-state index < -0.39 is 11.8 Å². The van der Waals surface area contributed by atoms with E-state index in [4.69, 9.17) is 4.74 Å². The highest BCUT2D eigenvalue weighted by molar-refractivity contribution is 6.15. The smallest absolute Gasteiger partial charge is 0.346 e. The number of ether oxygens (including phenoxy) is 1. The fourth-order valence-corrected chi connectivity index (χ4v) is 1.05.